The summed E-state index contributed by atoms with van der Waals surface area (Å²) in [6, 6.07) is 9.91. The van der Waals surface area contributed by atoms with Crippen molar-refractivity contribution in [3.05, 3.63) is 84.2 Å². The number of rotatable bonds is 6. The molecule has 0 fully saturated rings. The maximum Gasteiger partial charge on any atom is 0.0655 e. The molecule has 0 atom stereocenters. The smallest absolute Gasteiger partial charge is 0.0655 e. The van der Waals surface area contributed by atoms with E-state index in [-0.39, 0.29) is 0 Å². The van der Waals surface area contributed by atoms with Gasteiger partial charge in [0.25, 0.3) is 0 Å². The second kappa shape index (κ2) is 7.79. The number of hydrogen-bond acceptors (Lipinski definition) is 5. The number of aromatic nitrogens is 3. The number of nitrogens with one attached hydrogen (secondary N) is 1. The molecule has 0 spiro atoms. The zero-order chi connectivity index (χ0) is 15.7. The molecule has 0 bridgehead atoms. The van der Waals surface area contributed by atoms with Gasteiger partial charge in [0.1, 0.15) is 0 Å². The first-order valence-corrected chi connectivity index (χ1v) is 7.37. The molecule has 0 saturated heterocycles. The van der Waals surface area contributed by atoms with Crippen LogP contribution in [0.2, 0.25) is 0 Å². The highest BCUT2D eigenvalue weighted by Gasteiger charge is 1.96. The van der Waals surface area contributed by atoms with Crippen molar-refractivity contribution >= 4 is 11.9 Å². The fourth-order valence-corrected chi connectivity index (χ4v) is 2.08. The van der Waals surface area contributed by atoms with Crippen molar-refractivity contribution in [1.82, 2.24) is 15.0 Å². The van der Waals surface area contributed by atoms with Crippen LogP contribution in [0.3, 0.4) is 0 Å². The Labute approximate surface area is 135 Å². The molecule has 5 heteroatoms. The molecule has 0 amide bonds. The van der Waals surface area contributed by atoms with E-state index in [9.17, 15) is 0 Å². The molecule has 3 rings (SSSR count). The van der Waals surface area contributed by atoms with E-state index in [0.717, 1.165) is 22.4 Å². The van der Waals surface area contributed by atoms with E-state index in [0.29, 0.717) is 13.1 Å². The van der Waals surface area contributed by atoms with Gasteiger partial charge < -0.3 is 5.32 Å². The maximum atomic E-state index is 4.43. The zero-order valence-electron chi connectivity index (χ0n) is 12.6. The lowest BCUT2D eigenvalue weighted by molar-refractivity contribution is 1.05. The van der Waals surface area contributed by atoms with Crippen LogP contribution in [0.25, 0.3) is 0 Å². The van der Waals surface area contributed by atoms with Gasteiger partial charge in [-0.25, -0.2) is 0 Å². The van der Waals surface area contributed by atoms with Crippen LogP contribution in [0, 0.1) is 0 Å². The third-order valence-electron chi connectivity index (χ3n) is 3.22. The summed E-state index contributed by atoms with van der Waals surface area (Å²) in [5, 5.41) is 3.34. The molecule has 3 heterocycles. The van der Waals surface area contributed by atoms with Crippen LogP contribution >= 0.6 is 0 Å². The average molecular weight is 303 g/mol. The van der Waals surface area contributed by atoms with Crippen molar-refractivity contribution in [3.63, 3.8) is 0 Å². The van der Waals surface area contributed by atoms with Gasteiger partial charge in [-0.05, 0) is 29.3 Å². The molecule has 0 aromatic carbocycles. The fraction of sp³-hybridized carbons (Fsp3) is 0.111. The summed E-state index contributed by atoms with van der Waals surface area (Å²) in [7, 11) is 0. The average Bonchev–Trinajstić information content (AvgIpc) is 2.62. The van der Waals surface area contributed by atoms with E-state index in [1.54, 1.807) is 24.8 Å². The van der Waals surface area contributed by atoms with Gasteiger partial charge in [0.15, 0.2) is 0 Å². The summed E-state index contributed by atoms with van der Waals surface area (Å²) in [6.45, 7) is 1.33. The molecule has 5 nitrogen and oxygen atoms in total. The highest BCUT2D eigenvalue weighted by molar-refractivity contribution is 5.80. The number of anilines is 1. The second-order valence-corrected chi connectivity index (χ2v) is 5.05. The van der Waals surface area contributed by atoms with Gasteiger partial charge in [-0.15, -0.1) is 0 Å². The minimum atomic E-state index is 0.612. The highest BCUT2D eigenvalue weighted by Crippen LogP contribution is 2.09. The molecule has 114 valence electrons. The quantitative estimate of drug-likeness (QED) is 0.711. The van der Waals surface area contributed by atoms with Crippen molar-refractivity contribution in [3.8, 4) is 0 Å². The van der Waals surface area contributed by atoms with Crippen molar-refractivity contribution in [2.45, 2.75) is 13.1 Å². The van der Waals surface area contributed by atoms with Crippen LogP contribution in [0.1, 0.15) is 16.7 Å². The third-order valence-corrected chi connectivity index (χ3v) is 3.22. The maximum absolute atomic E-state index is 4.43. The van der Waals surface area contributed by atoms with E-state index in [1.165, 1.54) is 0 Å². The summed E-state index contributed by atoms with van der Waals surface area (Å²) in [5.41, 5.74) is 4.13. The second-order valence-electron chi connectivity index (χ2n) is 5.05. The lowest BCUT2D eigenvalue weighted by Gasteiger charge is -2.06. The number of aliphatic imine (C=N–C) groups is 1. The Hall–Kier alpha value is -3.08. The molecule has 3 aromatic rings. The van der Waals surface area contributed by atoms with Crippen LogP contribution in [0.15, 0.2) is 72.5 Å². The Morgan fingerprint density at radius 1 is 0.913 bits per heavy atom. The lowest BCUT2D eigenvalue weighted by atomic mass is 10.2. The Kier molecular flexibility index (Phi) is 5.03. The SMILES string of the molecule is C(=NCc1cccnc1)c1cncc(NCc2cccnc2)c1. The van der Waals surface area contributed by atoms with Crippen LogP contribution < -0.4 is 5.32 Å². The molecule has 0 radical (unpaired) electrons. The number of nitrogens with zero attached hydrogens (tertiary/aromatic N) is 4. The number of pyridine rings is 3. The summed E-state index contributed by atoms with van der Waals surface area (Å²) in [5.74, 6) is 0. The van der Waals surface area contributed by atoms with E-state index in [2.05, 4.69) is 25.3 Å². The van der Waals surface area contributed by atoms with Crippen molar-refractivity contribution in [1.29, 1.82) is 0 Å². The van der Waals surface area contributed by atoms with Crippen molar-refractivity contribution in [2.24, 2.45) is 4.99 Å². The molecule has 0 aliphatic carbocycles. The van der Waals surface area contributed by atoms with Crippen molar-refractivity contribution < 1.29 is 0 Å². The summed E-state index contributed by atoms with van der Waals surface area (Å²) >= 11 is 0. The lowest BCUT2D eigenvalue weighted by Crippen LogP contribution is -2.00. The summed E-state index contributed by atoms with van der Waals surface area (Å²) in [6.07, 6.45) is 12.6. The van der Waals surface area contributed by atoms with E-state index in [1.807, 2.05) is 48.9 Å². The van der Waals surface area contributed by atoms with E-state index in [4.69, 9.17) is 0 Å². The Morgan fingerprint density at radius 3 is 2.43 bits per heavy atom. The van der Waals surface area contributed by atoms with Gasteiger partial charge in [-0.1, -0.05) is 12.1 Å². The van der Waals surface area contributed by atoms with Gasteiger partial charge in [-0.3, -0.25) is 19.9 Å². The molecule has 0 saturated carbocycles. The van der Waals surface area contributed by atoms with Crippen molar-refractivity contribution in [2.75, 3.05) is 5.32 Å². The van der Waals surface area contributed by atoms with E-state index >= 15 is 0 Å². The first kappa shape index (κ1) is 14.8. The normalized spacial score (nSPS) is 10.8. The molecule has 23 heavy (non-hydrogen) atoms. The standard InChI is InChI=1S/C18H17N5/c1-3-15(8-19-5-1)10-21-11-17-7-18(14-22-12-17)23-13-16-4-2-6-20-9-16/h1-9,11-12,14,23H,10,13H2. The summed E-state index contributed by atoms with van der Waals surface area (Å²) < 4.78 is 0. The van der Waals surface area contributed by atoms with Crippen LogP contribution in [-0.2, 0) is 13.1 Å². The molecule has 0 aliphatic rings. The minimum absolute atomic E-state index is 0.612. The number of hydrogen-bond donors (Lipinski definition) is 1. The summed E-state index contributed by atoms with van der Waals surface area (Å²) in [4.78, 5) is 16.8. The van der Waals surface area contributed by atoms with Crippen LogP contribution in [-0.4, -0.2) is 21.2 Å². The predicted octanol–water partition coefficient (Wildman–Crippen LogP) is 3.10. The molecule has 3 aromatic heterocycles. The van der Waals surface area contributed by atoms with Gasteiger partial charge >= 0.3 is 0 Å². The molecular weight excluding hydrogens is 286 g/mol. The Bertz CT molecular complexity index is 757. The largest absolute Gasteiger partial charge is 0.380 e. The van der Waals surface area contributed by atoms with Gasteiger partial charge in [0.2, 0.25) is 0 Å². The zero-order valence-corrected chi connectivity index (χ0v) is 12.6. The third kappa shape index (κ3) is 4.71. The van der Waals surface area contributed by atoms with Gasteiger partial charge in [0, 0.05) is 55.5 Å². The Balaban J connectivity index is 1.58. The predicted molar refractivity (Wildman–Crippen MR) is 91.3 cm³/mol. The molecular formula is C18H17N5. The molecule has 0 unspecified atom stereocenters. The molecule has 0 aliphatic heterocycles. The first-order chi connectivity index (χ1) is 11.4. The monoisotopic (exact) mass is 303 g/mol. The van der Waals surface area contributed by atoms with Crippen LogP contribution in [0.4, 0.5) is 5.69 Å². The van der Waals surface area contributed by atoms with Gasteiger partial charge in [-0.2, -0.15) is 0 Å². The highest BCUT2D eigenvalue weighted by atomic mass is 14.9. The minimum Gasteiger partial charge on any atom is -0.380 e. The van der Waals surface area contributed by atoms with Crippen LogP contribution in [0.5, 0.6) is 0 Å². The fourth-order valence-electron chi connectivity index (χ4n) is 2.08. The Morgan fingerprint density at radius 2 is 1.70 bits per heavy atom. The first-order valence-electron chi connectivity index (χ1n) is 7.37. The van der Waals surface area contributed by atoms with E-state index < -0.39 is 0 Å². The topological polar surface area (TPSA) is 63.1 Å². The van der Waals surface area contributed by atoms with Gasteiger partial charge in [0.05, 0.1) is 12.2 Å². The molecule has 1 N–H and O–H groups in total.